The van der Waals surface area contributed by atoms with Gasteiger partial charge in [-0.1, -0.05) is 44.2 Å². The van der Waals surface area contributed by atoms with Crippen molar-refractivity contribution in [1.29, 1.82) is 0 Å². The molecular formula is C18H26N2O2. The highest BCUT2D eigenvalue weighted by Gasteiger charge is 2.23. The number of rotatable bonds is 5. The first-order valence-electron chi connectivity index (χ1n) is 8.15. The number of hydrogen-bond donors (Lipinski definition) is 0. The van der Waals surface area contributed by atoms with Gasteiger partial charge in [0.15, 0.2) is 0 Å². The van der Waals surface area contributed by atoms with Gasteiger partial charge >= 0.3 is 0 Å². The summed E-state index contributed by atoms with van der Waals surface area (Å²) in [5.74, 6) is 0.796. The van der Waals surface area contributed by atoms with Crippen LogP contribution >= 0.6 is 0 Å². The van der Waals surface area contributed by atoms with Crippen LogP contribution < -0.4 is 0 Å². The third kappa shape index (κ3) is 4.86. The van der Waals surface area contributed by atoms with E-state index in [0.29, 0.717) is 44.9 Å². The Morgan fingerprint density at radius 2 is 1.50 bits per heavy atom. The Morgan fingerprint density at radius 1 is 0.955 bits per heavy atom. The van der Waals surface area contributed by atoms with E-state index in [1.807, 2.05) is 28.0 Å². The molecular weight excluding hydrogens is 276 g/mol. The fraction of sp³-hybridized carbons (Fsp3) is 0.556. The van der Waals surface area contributed by atoms with Gasteiger partial charge in [-0.15, -0.1) is 0 Å². The van der Waals surface area contributed by atoms with E-state index >= 15 is 0 Å². The monoisotopic (exact) mass is 302 g/mol. The summed E-state index contributed by atoms with van der Waals surface area (Å²) in [6.07, 6.45) is 1.93. The fourth-order valence-electron chi connectivity index (χ4n) is 2.74. The first-order chi connectivity index (χ1) is 10.6. The number of amides is 2. The minimum absolute atomic E-state index is 0.194. The van der Waals surface area contributed by atoms with Crippen LogP contribution in [-0.4, -0.2) is 47.8 Å². The molecule has 1 aliphatic rings. The minimum Gasteiger partial charge on any atom is -0.339 e. The first kappa shape index (κ1) is 16.5. The van der Waals surface area contributed by atoms with E-state index in [-0.39, 0.29) is 11.8 Å². The molecule has 4 nitrogen and oxygen atoms in total. The molecule has 1 aromatic carbocycles. The van der Waals surface area contributed by atoms with Gasteiger partial charge in [-0.05, 0) is 17.9 Å². The molecule has 1 aromatic rings. The second-order valence-electron chi connectivity index (χ2n) is 6.35. The van der Waals surface area contributed by atoms with Crippen molar-refractivity contribution in [3.63, 3.8) is 0 Å². The quantitative estimate of drug-likeness (QED) is 0.837. The van der Waals surface area contributed by atoms with Crippen LogP contribution in [0.3, 0.4) is 0 Å². The lowest BCUT2D eigenvalue weighted by molar-refractivity contribution is -0.140. The summed E-state index contributed by atoms with van der Waals surface area (Å²) in [7, 11) is 0. The Labute approximate surface area is 133 Å². The maximum Gasteiger partial charge on any atom is 0.223 e. The van der Waals surface area contributed by atoms with Crippen LogP contribution in [0.25, 0.3) is 0 Å². The van der Waals surface area contributed by atoms with Gasteiger partial charge in [-0.25, -0.2) is 0 Å². The van der Waals surface area contributed by atoms with Crippen molar-refractivity contribution in [2.24, 2.45) is 5.92 Å². The van der Waals surface area contributed by atoms with Crippen molar-refractivity contribution in [2.45, 2.75) is 33.1 Å². The molecule has 0 spiro atoms. The van der Waals surface area contributed by atoms with Crippen molar-refractivity contribution in [3.05, 3.63) is 35.9 Å². The van der Waals surface area contributed by atoms with Crippen LogP contribution in [0, 0.1) is 5.92 Å². The Hall–Kier alpha value is -1.84. The van der Waals surface area contributed by atoms with E-state index in [1.54, 1.807) is 0 Å². The van der Waals surface area contributed by atoms with Crippen molar-refractivity contribution in [3.8, 4) is 0 Å². The number of benzene rings is 1. The van der Waals surface area contributed by atoms with Gasteiger partial charge in [0.1, 0.15) is 0 Å². The number of carbonyl (C=O) groups is 2. The molecule has 0 aromatic heterocycles. The Balaban J connectivity index is 1.74. The summed E-state index contributed by atoms with van der Waals surface area (Å²) in [6, 6.07) is 10.1. The molecule has 1 fully saturated rings. The van der Waals surface area contributed by atoms with Gasteiger partial charge in [0.05, 0.1) is 0 Å². The Morgan fingerprint density at radius 3 is 2.05 bits per heavy atom. The number of carbonyl (C=O) groups excluding carboxylic acids is 2. The normalized spacial score (nSPS) is 15.2. The second kappa shape index (κ2) is 7.97. The zero-order valence-corrected chi connectivity index (χ0v) is 13.6. The Kier molecular flexibility index (Phi) is 5.99. The summed E-state index contributed by atoms with van der Waals surface area (Å²) < 4.78 is 0. The standard InChI is InChI=1S/C18H26N2O2/c1-15(2)14-18(22)20-12-10-19(11-13-20)17(21)9-8-16-6-4-3-5-7-16/h3-7,15H,8-14H2,1-2H3. The zero-order chi connectivity index (χ0) is 15.9. The summed E-state index contributed by atoms with van der Waals surface area (Å²) in [5.41, 5.74) is 1.20. The average molecular weight is 302 g/mol. The lowest BCUT2D eigenvalue weighted by Gasteiger charge is -2.35. The maximum absolute atomic E-state index is 12.2. The number of piperazine rings is 1. The van der Waals surface area contributed by atoms with E-state index in [2.05, 4.69) is 26.0 Å². The molecule has 0 aliphatic carbocycles. The molecule has 0 bridgehead atoms. The predicted molar refractivity (Wildman–Crippen MR) is 87.4 cm³/mol. The van der Waals surface area contributed by atoms with Gasteiger partial charge in [0.2, 0.25) is 11.8 Å². The molecule has 0 radical (unpaired) electrons. The van der Waals surface area contributed by atoms with E-state index < -0.39 is 0 Å². The summed E-state index contributed by atoms with van der Waals surface area (Å²) in [5, 5.41) is 0. The van der Waals surface area contributed by atoms with Gasteiger partial charge in [-0.3, -0.25) is 9.59 Å². The summed E-state index contributed by atoms with van der Waals surface area (Å²) in [6.45, 7) is 6.78. The van der Waals surface area contributed by atoms with E-state index in [0.717, 1.165) is 6.42 Å². The molecule has 22 heavy (non-hydrogen) atoms. The molecule has 0 atom stereocenters. The van der Waals surface area contributed by atoms with Crippen LogP contribution in [0.15, 0.2) is 30.3 Å². The summed E-state index contributed by atoms with van der Waals surface area (Å²) >= 11 is 0. The largest absolute Gasteiger partial charge is 0.339 e. The molecule has 0 saturated carbocycles. The number of hydrogen-bond acceptors (Lipinski definition) is 2. The first-order valence-corrected chi connectivity index (χ1v) is 8.15. The minimum atomic E-state index is 0.194. The van der Waals surface area contributed by atoms with Crippen molar-refractivity contribution in [2.75, 3.05) is 26.2 Å². The molecule has 2 amide bonds. The van der Waals surface area contributed by atoms with Gasteiger partial charge in [-0.2, -0.15) is 0 Å². The van der Waals surface area contributed by atoms with Gasteiger partial charge in [0.25, 0.3) is 0 Å². The third-order valence-electron chi connectivity index (χ3n) is 4.04. The molecule has 0 unspecified atom stereocenters. The van der Waals surface area contributed by atoms with Crippen molar-refractivity contribution < 1.29 is 9.59 Å². The van der Waals surface area contributed by atoms with Crippen LogP contribution in [0.2, 0.25) is 0 Å². The fourth-order valence-corrected chi connectivity index (χ4v) is 2.74. The molecule has 4 heteroatoms. The SMILES string of the molecule is CC(C)CC(=O)N1CCN(C(=O)CCc2ccccc2)CC1. The summed E-state index contributed by atoms with van der Waals surface area (Å²) in [4.78, 5) is 28.0. The highest BCUT2D eigenvalue weighted by Crippen LogP contribution is 2.10. The average Bonchev–Trinajstić information content (AvgIpc) is 2.53. The van der Waals surface area contributed by atoms with Gasteiger partial charge in [0, 0.05) is 39.0 Å². The zero-order valence-electron chi connectivity index (χ0n) is 13.6. The molecule has 0 N–H and O–H groups in total. The molecule has 120 valence electrons. The predicted octanol–water partition coefficient (Wildman–Crippen LogP) is 2.34. The topological polar surface area (TPSA) is 40.6 Å². The third-order valence-corrected chi connectivity index (χ3v) is 4.04. The van der Waals surface area contributed by atoms with Crippen molar-refractivity contribution >= 4 is 11.8 Å². The molecule has 2 rings (SSSR count). The Bertz CT molecular complexity index is 491. The number of nitrogens with zero attached hydrogens (tertiary/aromatic N) is 2. The van der Waals surface area contributed by atoms with Gasteiger partial charge < -0.3 is 9.80 Å². The smallest absolute Gasteiger partial charge is 0.223 e. The van der Waals surface area contributed by atoms with E-state index in [9.17, 15) is 9.59 Å². The van der Waals surface area contributed by atoms with Crippen LogP contribution in [0.4, 0.5) is 0 Å². The van der Waals surface area contributed by atoms with E-state index in [4.69, 9.17) is 0 Å². The lowest BCUT2D eigenvalue weighted by atomic mass is 10.1. The van der Waals surface area contributed by atoms with Crippen LogP contribution in [0.1, 0.15) is 32.3 Å². The molecule has 1 aliphatic heterocycles. The highest BCUT2D eigenvalue weighted by atomic mass is 16.2. The van der Waals surface area contributed by atoms with Crippen LogP contribution in [0.5, 0.6) is 0 Å². The highest BCUT2D eigenvalue weighted by molar-refractivity contribution is 5.78. The molecule has 1 saturated heterocycles. The lowest BCUT2D eigenvalue weighted by Crippen LogP contribution is -2.50. The maximum atomic E-state index is 12.2. The van der Waals surface area contributed by atoms with Crippen LogP contribution in [-0.2, 0) is 16.0 Å². The number of aryl methyl sites for hydroxylation is 1. The molecule has 1 heterocycles. The second-order valence-corrected chi connectivity index (χ2v) is 6.35. The van der Waals surface area contributed by atoms with E-state index in [1.165, 1.54) is 5.56 Å². The van der Waals surface area contributed by atoms with Crippen molar-refractivity contribution in [1.82, 2.24) is 9.80 Å².